The van der Waals surface area contributed by atoms with E-state index in [1.165, 1.54) is 12.8 Å². The molecule has 15 heavy (non-hydrogen) atoms. The van der Waals surface area contributed by atoms with Crippen LogP contribution in [0.2, 0.25) is 0 Å². The van der Waals surface area contributed by atoms with Crippen LogP contribution in [0.4, 0.5) is 0 Å². The molecule has 0 amide bonds. The second-order valence-corrected chi connectivity index (χ2v) is 5.05. The normalized spacial score (nSPS) is 31.8. The first-order valence-corrected chi connectivity index (χ1v) is 5.83. The lowest BCUT2D eigenvalue weighted by Crippen LogP contribution is -2.54. The van der Waals surface area contributed by atoms with Crippen molar-refractivity contribution in [2.45, 2.75) is 30.9 Å². The van der Waals surface area contributed by atoms with Crippen LogP contribution in [0.3, 0.4) is 0 Å². The fraction of sp³-hybridized carbons (Fsp3) is 1.00. The maximum Gasteiger partial charge on any atom is 0.0710 e. The molecule has 1 heterocycles. The average molecular weight is 214 g/mol. The van der Waals surface area contributed by atoms with Gasteiger partial charge in [0, 0.05) is 26.7 Å². The van der Waals surface area contributed by atoms with E-state index in [0.29, 0.717) is 12.0 Å². The minimum atomic E-state index is -0.372. The molecule has 2 fully saturated rings. The van der Waals surface area contributed by atoms with Crippen molar-refractivity contribution < 1.29 is 9.84 Å². The van der Waals surface area contributed by atoms with Gasteiger partial charge in [-0.1, -0.05) is 0 Å². The molecule has 0 spiro atoms. The van der Waals surface area contributed by atoms with Gasteiger partial charge in [0.1, 0.15) is 0 Å². The van der Waals surface area contributed by atoms with E-state index in [9.17, 15) is 5.11 Å². The quantitative estimate of drug-likeness (QED) is 0.666. The number of rotatable bonds is 5. The minimum Gasteiger partial charge on any atom is -0.394 e. The largest absolute Gasteiger partial charge is 0.394 e. The van der Waals surface area contributed by atoms with Gasteiger partial charge in [0.15, 0.2) is 0 Å². The summed E-state index contributed by atoms with van der Waals surface area (Å²) in [6, 6.07) is 0. The predicted molar refractivity (Wildman–Crippen MR) is 58.6 cm³/mol. The van der Waals surface area contributed by atoms with Crippen LogP contribution in [0.25, 0.3) is 0 Å². The van der Waals surface area contributed by atoms with Crippen molar-refractivity contribution in [3.05, 3.63) is 0 Å². The molecule has 0 aromatic carbocycles. The van der Waals surface area contributed by atoms with Gasteiger partial charge in [-0.15, -0.1) is 0 Å². The molecule has 2 atom stereocenters. The van der Waals surface area contributed by atoms with Crippen LogP contribution in [0, 0.1) is 5.92 Å². The molecule has 0 radical (unpaired) electrons. The van der Waals surface area contributed by atoms with Gasteiger partial charge in [0.05, 0.1) is 18.2 Å². The molecule has 2 unspecified atom stereocenters. The van der Waals surface area contributed by atoms with Gasteiger partial charge in [0.25, 0.3) is 0 Å². The van der Waals surface area contributed by atoms with E-state index >= 15 is 0 Å². The van der Waals surface area contributed by atoms with E-state index in [1.54, 1.807) is 7.11 Å². The average Bonchev–Trinajstić information content (AvgIpc) is 3.01. The third-order valence-electron chi connectivity index (χ3n) is 3.77. The molecule has 0 aromatic rings. The Labute approximate surface area is 91.4 Å². The number of hydrogen-bond acceptors (Lipinski definition) is 4. The fourth-order valence-corrected chi connectivity index (χ4v) is 2.52. The van der Waals surface area contributed by atoms with Crippen molar-refractivity contribution in [2.75, 3.05) is 33.4 Å². The highest BCUT2D eigenvalue weighted by atomic mass is 16.5. The number of likely N-dealkylation sites (tertiary alicyclic amines) is 1. The summed E-state index contributed by atoms with van der Waals surface area (Å²) in [4.78, 5) is 2.32. The first-order valence-electron chi connectivity index (χ1n) is 5.83. The van der Waals surface area contributed by atoms with E-state index in [2.05, 4.69) is 4.90 Å². The van der Waals surface area contributed by atoms with Crippen molar-refractivity contribution in [1.29, 1.82) is 0 Å². The van der Waals surface area contributed by atoms with Crippen molar-refractivity contribution in [3.63, 3.8) is 0 Å². The molecular formula is C11H22N2O2. The summed E-state index contributed by atoms with van der Waals surface area (Å²) in [6.45, 7) is 2.92. The van der Waals surface area contributed by atoms with Gasteiger partial charge in [-0.05, 0) is 25.2 Å². The molecule has 88 valence electrons. The Morgan fingerprint density at radius 2 is 2.20 bits per heavy atom. The first-order chi connectivity index (χ1) is 7.18. The van der Waals surface area contributed by atoms with Crippen molar-refractivity contribution >= 4 is 0 Å². The van der Waals surface area contributed by atoms with Crippen LogP contribution >= 0.6 is 0 Å². The highest BCUT2D eigenvalue weighted by molar-refractivity contribution is 5.01. The van der Waals surface area contributed by atoms with Gasteiger partial charge in [-0.2, -0.15) is 0 Å². The smallest absolute Gasteiger partial charge is 0.0710 e. The van der Waals surface area contributed by atoms with Gasteiger partial charge in [0.2, 0.25) is 0 Å². The SMILES string of the molecule is COC1CCN(CC(N)(CO)C2CC2)C1. The fourth-order valence-electron chi connectivity index (χ4n) is 2.52. The maximum atomic E-state index is 9.40. The summed E-state index contributed by atoms with van der Waals surface area (Å²) in [7, 11) is 1.76. The predicted octanol–water partition coefficient (Wildman–Crippen LogP) is -0.193. The number of nitrogens with zero attached hydrogens (tertiary/aromatic N) is 1. The van der Waals surface area contributed by atoms with Gasteiger partial charge in [-0.25, -0.2) is 0 Å². The highest BCUT2D eigenvalue weighted by Gasteiger charge is 2.43. The lowest BCUT2D eigenvalue weighted by atomic mass is 9.95. The van der Waals surface area contributed by atoms with E-state index < -0.39 is 0 Å². The molecule has 0 bridgehead atoms. The molecular weight excluding hydrogens is 192 g/mol. The summed E-state index contributed by atoms with van der Waals surface area (Å²) in [5, 5.41) is 9.40. The number of aliphatic hydroxyl groups excluding tert-OH is 1. The van der Waals surface area contributed by atoms with Crippen molar-refractivity contribution in [1.82, 2.24) is 4.90 Å². The van der Waals surface area contributed by atoms with Crippen LogP contribution < -0.4 is 5.73 Å². The minimum absolute atomic E-state index is 0.103. The molecule has 3 N–H and O–H groups in total. The molecule has 1 aliphatic heterocycles. The van der Waals surface area contributed by atoms with Gasteiger partial charge in [-0.3, -0.25) is 4.90 Å². The third kappa shape index (κ3) is 2.50. The Kier molecular flexibility index (Phi) is 3.30. The molecule has 0 aromatic heterocycles. The van der Waals surface area contributed by atoms with Gasteiger partial charge < -0.3 is 15.6 Å². The van der Waals surface area contributed by atoms with Gasteiger partial charge >= 0.3 is 0 Å². The zero-order chi connectivity index (χ0) is 10.9. The first kappa shape index (κ1) is 11.3. The number of hydrogen-bond donors (Lipinski definition) is 2. The van der Waals surface area contributed by atoms with Crippen molar-refractivity contribution in [2.24, 2.45) is 11.7 Å². The summed E-state index contributed by atoms with van der Waals surface area (Å²) >= 11 is 0. The number of nitrogens with two attached hydrogens (primary N) is 1. The Balaban J connectivity index is 1.85. The van der Waals surface area contributed by atoms with E-state index in [0.717, 1.165) is 26.1 Å². The third-order valence-corrected chi connectivity index (χ3v) is 3.77. The van der Waals surface area contributed by atoms with Crippen LogP contribution in [0.1, 0.15) is 19.3 Å². The zero-order valence-electron chi connectivity index (χ0n) is 9.48. The van der Waals surface area contributed by atoms with Crippen LogP contribution in [-0.4, -0.2) is 55.0 Å². The number of methoxy groups -OCH3 is 1. The molecule has 2 rings (SSSR count). The Hall–Kier alpha value is -0.160. The topological polar surface area (TPSA) is 58.7 Å². The molecule has 4 heteroatoms. The number of ether oxygens (including phenoxy) is 1. The zero-order valence-corrected chi connectivity index (χ0v) is 9.48. The molecule has 1 saturated heterocycles. The number of aliphatic hydroxyl groups is 1. The Morgan fingerprint density at radius 3 is 2.67 bits per heavy atom. The lowest BCUT2D eigenvalue weighted by Gasteiger charge is -2.32. The Bertz CT molecular complexity index is 221. The van der Waals surface area contributed by atoms with Crippen LogP contribution in [0.15, 0.2) is 0 Å². The van der Waals surface area contributed by atoms with E-state index in [-0.39, 0.29) is 12.1 Å². The summed E-state index contributed by atoms with van der Waals surface area (Å²) in [6.07, 6.45) is 3.80. The second kappa shape index (κ2) is 4.37. The van der Waals surface area contributed by atoms with Crippen LogP contribution in [-0.2, 0) is 4.74 Å². The molecule has 1 aliphatic carbocycles. The molecule has 2 aliphatic rings. The highest BCUT2D eigenvalue weighted by Crippen LogP contribution is 2.38. The summed E-state index contributed by atoms with van der Waals surface area (Å²) in [5.74, 6) is 0.532. The maximum absolute atomic E-state index is 9.40. The van der Waals surface area contributed by atoms with E-state index in [4.69, 9.17) is 10.5 Å². The van der Waals surface area contributed by atoms with E-state index in [1.807, 2.05) is 0 Å². The molecule has 4 nitrogen and oxygen atoms in total. The summed E-state index contributed by atoms with van der Waals surface area (Å²) < 4.78 is 5.32. The van der Waals surface area contributed by atoms with Crippen molar-refractivity contribution in [3.8, 4) is 0 Å². The monoisotopic (exact) mass is 214 g/mol. The van der Waals surface area contributed by atoms with Crippen LogP contribution in [0.5, 0.6) is 0 Å². The summed E-state index contributed by atoms with van der Waals surface area (Å²) in [5.41, 5.74) is 5.86. The standard InChI is InChI=1S/C11H22N2O2/c1-15-10-4-5-13(6-10)7-11(12,8-14)9-2-3-9/h9-10,14H,2-8,12H2,1H3. The molecule has 1 saturated carbocycles. The Morgan fingerprint density at radius 1 is 1.47 bits per heavy atom. The second-order valence-electron chi connectivity index (χ2n) is 5.05. The lowest BCUT2D eigenvalue weighted by molar-refractivity contribution is 0.0930.